The minimum absolute atomic E-state index is 0. The van der Waals surface area contributed by atoms with Crippen molar-refractivity contribution >= 4 is 0 Å². The van der Waals surface area contributed by atoms with E-state index in [0.29, 0.717) is 0 Å². The van der Waals surface area contributed by atoms with E-state index in [1.54, 1.807) is 0 Å². The third-order valence-corrected chi connectivity index (χ3v) is 0. The number of nitrogens with zero attached hydrogens (tertiary/aromatic N) is 6. The van der Waals surface area contributed by atoms with Crippen molar-refractivity contribution in [1.29, 1.82) is 31.6 Å². The van der Waals surface area contributed by atoms with Crippen LogP contribution in [0.2, 0.25) is 0 Å². The first-order valence-corrected chi connectivity index (χ1v) is 1.34. The maximum atomic E-state index is 6.25. The molecule has 0 aliphatic heterocycles. The average Bonchev–Trinajstić information content (AvgIpc) is 2.33. The minimum Gasteiger partial charge on any atom is -0.412 e. The second-order valence-electron chi connectivity index (χ2n) is 0. The van der Waals surface area contributed by atoms with Gasteiger partial charge in [-0.3, -0.25) is 0 Å². The number of hydrogen-bond donors (Lipinski definition) is 0. The molecule has 0 aliphatic rings. The van der Waals surface area contributed by atoms with E-state index in [0.717, 1.165) is 0 Å². The van der Waals surface area contributed by atoms with Gasteiger partial charge >= 0.3 is 118 Å². The van der Waals surface area contributed by atoms with Crippen molar-refractivity contribution in [2.75, 3.05) is 0 Å². The normalized spacial score (nSPS) is 0.444. The maximum absolute atomic E-state index is 6.25. The van der Waals surface area contributed by atoms with Gasteiger partial charge in [0.15, 0.2) is 39.4 Å². The van der Waals surface area contributed by atoms with E-state index in [1.165, 1.54) is 0 Å². The van der Waals surface area contributed by atoms with E-state index < -0.39 is 0 Å². The van der Waals surface area contributed by atoms with Crippen molar-refractivity contribution in [2.24, 2.45) is 0 Å². The first-order chi connectivity index (χ1) is 6.00. The van der Waals surface area contributed by atoms with Gasteiger partial charge in [0.25, 0.3) is 0 Å². The molecule has 0 saturated heterocycles. The Labute approximate surface area is 257 Å². The van der Waals surface area contributed by atoms with Crippen molar-refractivity contribution in [3.05, 3.63) is 39.4 Å². The molecule has 0 aromatic carbocycles. The van der Waals surface area contributed by atoms with Gasteiger partial charge in [0.05, 0.1) is 0 Å². The topological polar surface area (TPSA) is 458 Å². The zero-order chi connectivity index (χ0) is 12.0. The summed E-state index contributed by atoms with van der Waals surface area (Å²) in [5.74, 6) is 0. The summed E-state index contributed by atoms with van der Waals surface area (Å²) in [7, 11) is 0. The van der Waals surface area contributed by atoms with Crippen LogP contribution in [0.3, 0.4) is 0 Å². The Morgan fingerprint density at radius 3 is 0.222 bits per heavy atom. The second kappa shape index (κ2) is 16400. The van der Waals surface area contributed by atoms with E-state index in [-0.39, 0.29) is 190 Å². The molecule has 6 radical (unpaired) electrons. The minimum atomic E-state index is 0. The Bertz CT molecular complexity index is 131. The zero-order valence-electron chi connectivity index (χ0n) is 15.0. The van der Waals surface area contributed by atoms with Crippen molar-refractivity contribution in [3.8, 4) is 0 Å². The molecule has 0 rings (SSSR count). The summed E-state index contributed by atoms with van der Waals surface area (Å²) >= 11 is 0. The Kier molecular flexibility index (Phi) is 250000. The van der Waals surface area contributed by atoms with Crippen LogP contribution in [0.1, 0.15) is 0 Å². The van der Waals surface area contributed by atoms with Gasteiger partial charge < -0.3 is 54.8 Å². The molecule has 0 fully saturated rings. The van der Waals surface area contributed by atoms with Crippen LogP contribution in [-0.4, -0.2) is 54.8 Å². The maximum Gasteiger partial charge on any atom is 1.00 e. The molecule has 0 atom stereocenters. The standard InChI is InChI=1S/6CN.Fe.4Na.10H2O/c6*1-2;;;;;;;;;;;;;;;/h;;;;;;;;;;;10*1H2/q;;;;;;;4*+1;;;;;;;;;;. The van der Waals surface area contributed by atoms with Crippen molar-refractivity contribution in [3.63, 3.8) is 0 Å². The van der Waals surface area contributed by atoms with Crippen molar-refractivity contribution in [1.82, 2.24) is 0 Å². The van der Waals surface area contributed by atoms with Gasteiger partial charge in [-0.25, -0.2) is 0 Å². The molecule has 0 aromatic rings. The Morgan fingerprint density at radius 2 is 0.222 bits per heavy atom. The Hall–Kier alpha value is 1.06. The fourth-order valence-corrected chi connectivity index (χ4v) is 0. The van der Waals surface area contributed by atoms with Gasteiger partial charge in [0.2, 0.25) is 0 Å². The van der Waals surface area contributed by atoms with Gasteiger partial charge in [0, 0.05) is 17.1 Å². The smallest absolute Gasteiger partial charge is 0.412 e. The molecule has 0 aromatic heterocycles. The second-order valence-corrected chi connectivity index (χ2v) is 0. The van der Waals surface area contributed by atoms with Crippen LogP contribution in [0.15, 0.2) is 0 Å². The molecule has 0 amide bonds. The van der Waals surface area contributed by atoms with E-state index in [2.05, 4.69) is 0 Å². The van der Waals surface area contributed by atoms with Gasteiger partial charge in [-0.05, 0) is 0 Å². The summed E-state index contributed by atoms with van der Waals surface area (Å²) in [6, 6.07) is 0. The fourth-order valence-electron chi connectivity index (χ4n) is 0. The molecule has 0 aliphatic carbocycles. The van der Waals surface area contributed by atoms with Crippen molar-refractivity contribution in [2.45, 2.75) is 0 Å². The summed E-state index contributed by atoms with van der Waals surface area (Å²) in [5, 5.41) is 37.5. The van der Waals surface area contributed by atoms with E-state index in [1.807, 2.05) is 0 Å². The first-order valence-electron chi connectivity index (χ1n) is 1.34. The predicted molar refractivity (Wildman–Crippen MR) is 65.9 cm³/mol. The van der Waals surface area contributed by atoms with Crippen LogP contribution in [0.5, 0.6) is 0 Å². The summed E-state index contributed by atoms with van der Waals surface area (Å²) < 4.78 is 0. The third kappa shape index (κ3) is 15100. The molecule has 0 saturated carbocycles. The van der Waals surface area contributed by atoms with Gasteiger partial charge in [-0.15, -0.1) is 0 Å². The van der Waals surface area contributed by atoms with Crippen LogP contribution in [0, 0.1) is 71.0 Å². The molecular formula is C6H20FeN6Na4O10+4. The third-order valence-electron chi connectivity index (χ3n) is 0. The molecule has 0 unspecified atom stereocenters. The molecule has 21 heteroatoms. The van der Waals surface area contributed by atoms with Crippen LogP contribution in [-0.2, 0) is 17.1 Å². The van der Waals surface area contributed by atoms with E-state index in [9.17, 15) is 0 Å². The predicted octanol–water partition coefficient (Wildman–Crippen LogP) is -19.7. The van der Waals surface area contributed by atoms with Gasteiger partial charge in [0.1, 0.15) is 0 Å². The number of rotatable bonds is 0. The number of hydrogen-bond acceptors (Lipinski definition) is 6. The summed E-state index contributed by atoms with van der Waals surface area (Å²) in [6.07, 6.45) is 0. The molecule has 0 bridgehead atoms. The Morgan fingerprint density at radius 1 is 0.222 bits per heavy atom. The van der Waals surface area contributed by atoms with Gasteiger partial charge in [-0.2, -0.15) is 31.6 Å². The van der Waals surface area contributed by atoms with Crippen molar-refractivity contribution < 1.29 is 190 Å². The van der Waals surface area contributed by atoms with Crippen LogP contribution in [0.25, 0.3) is 0 Å². The van der Waals surface area contributed by atoms with E-state index >= 15 is 0 Å². The zero-order valence-corrected chi connectivity index (χ0v) is 24.1. The fraction of sp³-hybridized carbons (Fsp3) is 0. The molecule has 27 heavy (non-hydrogen) atoms. The first kappa shape index (κ1) is 412. The summed E-state index contributed by atoms with van der Waals surface area (Å²) in [4.78, 5) is 0. The van der Waals surface area contributed by atoms with Crippen LogP contribution < -0.4 is 118 Å². The summed E-state index contributed by atoms with van der Waals surface area (Å²) in [6.45, 7) is 28.5. The molecule has 142 valence electrons. The summed E-state index contributed by atoms with van der Waals surface area (Å²) in [5.41, 5.74) is 0. The van der Waals surface area contributed by atoms with E-state index in [4.69, 9.17) is 71.0 Å². The molecule has 0 heterocycles. The molecule has 20 N–H and O–H groups in total. The average molecular weight is 484 g/mol. The van der Waals surface area contributed by atoms with Crippen LogP contribution in [0.4, 0.5) is 0 Å². The monoisotopic (exact) mass is 484 g/mol. The Balaban J connectivity index is -0.000000000758. The quantitative estimate of drug-likeness (QED) is 0.300. The SMILES string of the molecule is O.O.O.O.O.O.O.O.O.O.[C]#N.[C]#N.[C]#N.[C]#N.[C]#N.[C]#N.[Fe].[Na+].[Na+].[Na+].[Na+]. The molecule has 0 spiro atoms. The molecule has 16 nitrogen and oxygen atoms in total. The van der Waals surface area contributed by atoms with Gasteiger partial charge in [-0.1, -0.05) is 0 Å². The molecular weight excluding hydrogens is 464 g/mol. The van der Waals surface area contributed by atoms with Crippen LogP contribution >= 0.6 is 0 Å². The largest absolute Gasteiger partial charge is 1.00 e.